The fraction of sp³-hybridized carbons (Fsp3) is 0.467. The number of benzene rings is 1. The molecule has 1 saturated heterocycles. The van der Waals surface area contributed by atoms with Crippen molar-refractivity contribution in [3.05, 3.63) is 27.9 Å². The molecule has 19 heavy (non-hydrogen) atoms. The van der Waals surface area contributed by atoms with E-state index in [0.29, 0.717) is 5.92 Å². The van der Waals surface area contributed by atoms with Crippen LogP contribution >= 0.6 is 15.9 Å². The van der Waals surface area contributed by atoms with Crippen LogP contribution in [0.25, 0.3) is 10.9 Å². The fourth-order valence-corrected chi connectivity index (χ4v) is 3.67. The smallest absolute Gasteiger partial charge is 0.143 e. The Morgan fingerprint density at radius 3 is 2.89 bits per heavy atom. The number of fused-ring (bicyclic) bond motifs is 1. The second-order valence-corrected chi connectivity index (χ2v) is 6.08. The van der Waals surface area contributed by atoms with Crippen LogP contribution in [0.3, 0.4) is 0 Å². The van der Waals surface area contributed by atoms with Crippen LogP contribution < -0.4 is 10.1 Å². The van der Waals surface area contributed by atoms with Crippen LogP contribution in [0.5, 0.6) is 5.75 Å². The normalized spacial score (nSPS) is 19.8. The Balaban J connectivity index is 2.13. The van der Waals surface area contributed by atoms with E-state index in [1.54, 1.807) is 7.11 Å². The van der Waals surface area contributed by atoms with E-state index in [-0.39, 0.29) is 0 Å². The Bertz CT molecular complexity index is 600. The van der Waals surface area contributed by atoms with E-state index < -0.39 is 0 Å². The van der Waals surface area contributed by atoms with E-state index >= 15 is 0 Å². The number of rotatable bonds is 2. The first-order valence-electron chi connectivity index (χ1n) is 6.77. The second kappa shape index (κ2) is 5.17. The molecule has 1 aromatic carbocycles. The van der Waals surface area contributed by atoms with Crippen molar-refractivity contribution in [2.75, 3.05) is 20.2 Å². The first-order valence-corrected chi connectivity index (χ1v) is 7.56. The van der Waals surface area contributed by atoms with Crippen molar-refractivity contribution in [3.8, 4) is 5.75 Å². The van der Waals surface area contributed by atoms with Gasteiger partial charge >= 0.3 is 0 Å². The second-order valence-electron chi connectivity index (χ2n) is 5.29. The summed E-state index contributed by atoms with van der Waals surface area (Å²) in [6.07, 6.45) is 2.47. The van der Waals surface area contributed by atoms with Gasteiger partial charge in [-0.1, -0.05) is 0 Å². The predicted molar refractivity (Wildman–Crippen MR) is 82.1 cm³/mol. The van der Waals surface area contributed by atoms with Crippen molar-refractivity contribution in [1.82, 2.24) is 10.3 Å². The zero-order chi connectivity index (χ0) is 13.4. The molecule has 0 bridgehead atoms. The maximum absolute atomic E-state index is 5.50. The molecule has 2 aromatic rings. The molecule has 0 aliphatic carbocycles. The molecule has 1 fully saturated rings. The zero-order valence-electron chi connectivity index (χ0n) is 11.3. The van der Waals surface area contributed by atoms with Gasteiger partial charge in [-0.2, -0.15) is 0 Å². The number of nitrogens with one attached hydrogen (secondary N) is 2. The van der Waals surface area contributed by atoms with Crippen LogP contribution in [-0.4, -0.2) is 25.2 Å². The van der Waals surface area contributed by atoms with E-state index in [0.717, 1.165) is 24.4 Å². The van der Waals surface area contributed by atoms with E-state index in [1.165, 1.54) is 34.0 Å². The molecule has 1 aliphatic rings. The van der Waals surface area contributed by atoms with Crippen molar-refractivity contribution in [1.29, 1.82) is 0 Å². The molecule has 0 saturated carbocycles. The van der Waals surface area contributed by atoms with Crippen LogP contribution in [0.2, 0.25) is 0 Å². The third-order valence-corrected chi connectivity index (χ3v) is 4.76. The molecule has 2 N–H and O–H groups in total. The van der Waals surface area contributed by atoms with Crippen molar-refractivity contribution >= 4 is 26.8 Å². The van der Waals surface area contributed by atoms with E-state index in [9.17, 15) is 0 Å². The largest absolute Gasteiger partial charge is 0.495 e. The first-order chi connectivity index (χ1) is 9.20. The van der Waals surface area contributed by atoms with Gasteiger partial charge < -0.3 is 15.0 Å². The lowest BCUT2D eigenvalue weighted by Crippen LogP contribution is -2.28. The number of hydrogen-bond donors (Lipinski definition) is 2. The molecule has 0 amide bonds. The summed E-state index contributed by atoms with van der Waals surface area (Å²) in [5.74, 6) is 1.48. The summed E-state index contributed by atoms with van der Waals surface area (Å²) in [5.41, 5.74) is 3.61. The van der Waals surface area contributed by atoms with Crippen LogP contribution in [0.4, 0.5) is 0 Å². The minimum absolute atomic E-state index is 0.556. The SMILES string of the molecule is COc1cc(C)cc2c(Br)c(C3CCCNC3)[nH]c12. The fourth-order valence-electron chi connectivity index (χ4n) is 2.93. The van der Waals surface area contributed by atoms with E-state index in [2.05, 4.69) is 45.3 Å². The van der Waals surface area contributed by atoms with Crippen LogP contribution in [0.1, 0.15) is 30.0 Å². The summed E-state index contributed by atoms with van der Waals surface area (Å²) in [5, 5.41) is 4.69. The van der Waals surface area contributed by atoms with Gasteiger partial charge in [0.25, 0.3) is 0 Å². The molecule has 1 aromatic heterocycles. The zero-order valence-corrected chi connectivity index (χ0v) is 12.9. The lowest BCUT2D eigenvalue weighted by molar-refractivity contribution is 0.418. The Labute approximate surface area is 121 Å². The maximum Gasteiger partial charge on any atom is 0.143 e. The molecular weight excluding hydrogens is 304 g/mol. The lowest BCUT2D eigenvalue weighted by Gasteiger charge is -2.22. The topological polar surface area (TPSA) is 37.0 Å². The Hall–Kier alpha value is -1.00. The first kappa shape index (κ1) is 13.0. The van der Waals surface area contributed by atoms with Crippen molar-refractivity contribution in [3.63, 3.8) is 0 Å². The van der Waals surface area contributed by atoms with Crippen molar-refractivity contribution < 1.29 is 4.74 Å². The van der Waals surface area contributed by atoms with Crippen molar-refractivity contribution in [2.24, 2.45) is 0 Å². The summed E-state index contributed by atoms with van der Waals surface area (Å²) in [7, 11) is 1.73. The summed E-state index contributed by atoms with van der Waals surface area (Å²) in [6.45, 7) is 4.28. The standard InChI is InChI=1S/C15H19BrN2O/c1-9-6-11-13(16)14(10-4-3-5-17-8-10)18-15(11)12(7-9)19-2/h6-7,10,17-18H,3-5,8H2,1-2H3. The molecule has 0 radical (unpaired) electrons. The van der Waals surface area contributed by atoms with Gasteiger partial charge in [0.15, 0.2) is 0 Å². The maximum atomic E-state index is 5.50. The lowest BCUT2D eigenvalue weighted by atomic mass is 9.96. The number of aryl methyl sites for hydroxylation is 1. The Morgan fingerprint density at radius 2 is 2.21 bits per heavy atom. The van der Waals surface area contributed by atoms with Gasteiger partial charge in [0, 0.05) is 28.0 Å². The average Bonchev–Trinajstić information content (AvgIpc) is 2.76. The van der Waals surface area contributed by atoms with Crippen LogP contribution in [0, 0.1) is 6.92 Å². The number of H-pyrrole nitrogens is 1. The third-order valence-electron chi connectivity index (χ3n) is 3.90. The Morgan fingerprint density at radius 1 is 1.37 bits per heavy atom. The van der Waals surface area contributed by atoms with E-state index in [4.69, 9.17) is 4.74 Å². The van der Waals surface area contributed by atoms with Gasteiger partial charge in [0.2, 0.25) is 0 Å². The van der Waals surface area contributed by atoms with Crippen molar-refractivity contribution in [2.45, 2.75) is 25.7 Å². The number of halogens is 1. The summed E-state index contributed by atoms with van der Waals surface area (Å²) < 4.78 is 6.69. The average molecular weight is 323 g/mol. The minimum atomic E-state index is 0.556. The van der Waals surface area contributed by atoms with Crippen LogP contribution in [-0.2, 0) is 0 Å². The number of piperidine rings is 1. The monoisotopic (exact) mass is 322 g/mol. The van der Waals surface area contributed by atoms with Gasteiger partial charge in [-0.05, 0) is 59.9 Å². The third kappa shape index (κ3) is 2.28. The van der Waals surface area contributed by atoms with E-state index in [1.807, 2.05) is 0 Å². The highest BCUT2D eigenvalue weighted by atomic mass is 79.9. The highest BCUT2D eigenvalue weighted by Crippen LogP contribution is 2.38. The number of ether oxygens (including phenoxy) is 1. The highest BCUT2D eigenvalue weighted by Gasteiger charge is 2.22. The van der Waals surface area contributed by atoms with Gasteiger partial charge in [0.05, 0.1) is 12.6 Å². The molecule has 1 atom stereocenters. The number of aromatic amines is 1. The van der Waals surface area contributed by atoms with Crippen LogP contribution in [0.15, 0.2) is 16.6 Å². The Kier molecular flexibility index (Phi) is 3.54. The van der Waals surface area contributed by atoms with Gasteiger partial charge in [-0.15, -0.1) is 0 Å². The molecule has 4 heteroatoms. The molecule has 2 heterocycles. The summed E-state index contributed by atoms with van der Waals surface area (Å²) >= 11 is 3.77. The molecular formula is C15H19BrN2O. The molecule has 0 spiro atoms. The predicted octanol–water partition coefficient (Wildman–Crippen LogP) is 3.71. The number of hydrogen-bond acceptors (Lipinski definition) is 2. The quantitative estimate of drug-likeness (QED) is 0.884. The highest BCUT2D eigenvalue weighted by molar-refractivity contribution is 9.10. The number of aromatic nitrogens is 1. The molecule has 3 rings (SSSR count). The molecule has 102 valence electrons. The summed E-state index contributed by atoms with van der Waals surface area (Å²) in [6, 6.07) is 4.28. The minimum Gasteiger partial charge on any atom is -0.495 e. The van der Waals surface area contributed by atoms with Gasteiger partial charge in [0.1, 0.15) is 5.75 Å². The number of methoxy groups -OCH3 is 1. The van der Waals surface area contributed by atoms with Gasteiger partial charge in [-0.3, -0.25) is 0 Å². The molecule has 1 unspecified atom stereocenters. The molecule has 1 aliphatic heterocycles. The summed E-state index contributed by atoms with van der Waals surface area (Å²) in [4.78, 5) is 3.57. The molecule has 3 nitrogen and oxygen atoms in total. The van der Waals surface area contributed by atoms with Gasteiger partial charge in [-0.25, -0.2) is 0 Å².